The highest BCUT2D eigenvalue weighted by molar-refractivity contribution is 8.69. The molecule has 0 saturated heterocycles. The van der Waals surface area contributed by atoms with Crippen LogP contribution in [0.25, 0.3) is 5.69 Å². The highest BCUT2D eigenvalue weighted by Crippen LogP contribution is 2.32. The number of hydrogen-bond donors (Lipinski definition) is 4. The number of non-ortho nitro benzene ring substituents is 1. The van der Waals surface area contributed by atoms with Gasteiger partial charge in [-0.3, -0.25) is 23.9 Å². The molecule has 0 aliphatic rings. The van der Waals surface area contributed by atoms with E-state index in [1.54, 1.807) is 0 Å². The van der Waals surface area contributed by atoms with Crippen LogP contribution in [-0.2, 0) is 21.9 Å². The lowest BCUT2D eigenvalue weighted by atomic mass is 10.1. The van der Waals surface area contributed by atoms with Crippen LogP contribution in [0.1, 0.15) is 21.6 Å². The first-order chi connectivity index (χ1) is 16.7. The minimum absolute atomic E-state index is 0.253. The number of carbonyl (C=O) groups is 1. The summed E-state index contributed by atoms with van der Waals surface area (Å²) in [6, 6.07) is 7.67. The average molecular weight is 548 g/mol. The molecule has 1 amide bonds. The van der Waals surface area contributed by atoms with Crippen LogP contribution in [-0.4, -0.2) is 31.1 Å². The molecule has 0 aliphatic heterocycles. The molecule has 0 unspecified atom stereocenters. The summed E-state index contributed by atoms with van der Waals surface area (Å²) in [5.74, 6) is -1.91. The highest BCUT2D eigenvalue weighted by atomic mass is 33.1. The zero-order valence-corrected chi connectivity index (χ0v) is 19.9. The van der Waals surface area contributed by atoms with E-state index < -0.39 is 61.0 Å². The number of nitrogens with zero attached hydrogens (tertiary/aromatic N) is 3. The van der Waals surface area contributed by atoms with Crippen molar-refractivity contribution in [2.45, 2.75) is 12.7 Å². The van der Waals surface area contributed by atoms with Gasteiger partial charge in [0.2, 0.25) is 0 Å². The van der Waals surface area contributed by atoms with Crippen molar-refractivity contribution in [2.75, 3.05) is 11.0 Å². The molecule has 16 heteroatoms. The maximum atomic E-state index is 14.2. The van der Waals surface area contributed by atoms with Gasteiger partial charge in [0, 0.05) is 31.0 Å². The highest BCUT2D eigenvalue weighted by Gasteiger charge is 2.33. The van der Waals surface area contributed by atoms with Crippen LogP contribution in [0.3, 0.4) is 0 Å². The van der Waals surface area contributed by atoms with Crippen molar-refractivity contribution in [3.63, 3.8) is 0 Å². The number of thiol groups is 2. The third-order valence-corrected chi connectivity index (χ3v) is 5.48. The van der Waals surface area contributed by atoms with Gasteiger partial charge in [-0.05, 0) is 32.9 Å². The summed E-state index contributed by atoms with van der Waals surface area (Å²) in [6.45, 7) is -0.603. The summed E-state index contributed by atoms with van der Waals surface area (Å²) < 4.78 is 68.7. The van der Waals surface area contributed by atoms with Crippen LogP contribution in [0.15, 0.2) is 53.3 Å². The number of anilines is 1. The Labute approximate surface area is 205 Å². The number of nitrogens with one attached hydrogen (secondary N) is 2. The van der Waals surface area contributed by atoms with E-state index in [0.29, 0.717) is 16.8 Å². The van der Waals surface area contributed by atoms with Crippen LogP contribution < -0.4 is 15.6 Å². The van der Waals surface area contributed by atoms with Crippen molar-refractivity contribution in [3.8, 4) is 5.69 Å². The van der Waals surface area contributed by atoms with Gasteiger partial charge in [-0.2, -0.15) is 23.0 Å². The Bertz CT molecular complexity index is 1460. The Balaban J connectivity index is 2.02. The summed E-state index contributed by atoms with van der Waals surface area (Å²) in [7, 11) is -3.39. The molecule has 0 saturated carbocycles. The maximum absolute atomic E-state index is 14.2. The Morgan fingerprint density at radius 2 is 1.89 bits per heavy atom. The van der Waals surface area contributed by atoms with Crippen molar-refractivity contribution >= 4 is 38.1 Å². The number of halogens is 4. The van der Waals surface area contributed by atoms with Crippen LogP contribution >= 0.6 is 11.7 Å². The zero-order valence-electron chi connectivity index (χ0n) is 18.1. The van der Waals surface area contributed by atoms with E-state index in [0.717, 1.165) is 18.2 Å². The molecule has 2 aromatic carbocycles. The second-order valence-corrected chi connectivity index (χ2v) is 11.7. The van der Waals surface area contributed by atoms with Crippen molar-refractivity contribution < 1.29 is 31.5 Å². The molecule has 0 bridgehead atoms. The first-order valence-electron chi connectivity index (χ1n) is 9.77. The number of carbonyl (C=O) groups excluding carboxylic acids is 1. The summed E-state index contributed by atoms with van der Waals surface area (Å²) in [5, 5.41) is 17.1. The summed E-state index contributed by atoms with van der Waals surface area (Å²) in [4.78, 5) is 35.5. The quantitative estimate of drug-likeness (QED) is 0.118. The number of hydrogen-bond acceptors (Lipinski definition) is 6. The molecule has 0 radical (unpaired) electrons. The monoisotopic (exact) mass is 547 g/mol. The first kappa shape index (κ1) is 26.8. The largest absolute Gasteiger partial charge is 0.416 e. The standard InChI is InChI=1S/C20H17F4N5O5S2/c1-36(34,35)27-15-9-17(30)28(16-5-3-2-4-14(16)21)26-18(15)19(31)25-10-11-6-12(20(22,23)24)8-13(7-11)29(32)33/h2-9,36H,10H2,1H3,(H,25,31)(H2,27,34,35). The normalized spacial score (nSPS) is 12.2. The molecule has 0 spiro atoms. The van der Waals surface area contributed by atoms with Gasteiger partial charge in [-0.15, -0.1) is 0 Å². The summed E-state index contributed by atoms with van der Waals surface area (Å²) in [5.41, 5.74) is -4.48. The van der Waals surface area contributed by atoms with E-state index in [4.69, 9.17) is 0 Å². The fraction of sp³-hybridized carbons (Fsp3) is 0.150. The molecule has 3 rings (SSSR count). The molecule has 2 N–H and O–H groups in total. The predicted octanol–water partition coefficient (Wildman–Crippen LogP) is 3.05. The molecule has 192 valence electrons. The van der Waals surface area contributed by atoms with Crippen LogP contribution in [0, 0.1) is 15.9 Å². The fourth-order valence-electron chi connectivity index (χ4n) is 3.04. The topological polar surface area (TPSA) is 136 Å². The van der Waals surface area contributed by atoms with E-state index in [-0.39, 0.29) is 16.9 Å². The Morgan fingerprint density at radius 3 is 2.47 bits per heavy atom. The molecule has 36 heavy (non-hydrogen) atoms. The fourth-order valence-corrected chi connectivity index (χ4v) is 3.98. The minimum atomic E-state index is -4.88. The number of nitro groups is 1. The second-order valence-electron chi connectivity index (χ2n) is 7.42. The van der Waals surface area contributed by atoms with Crippen molar-refractivity contribution in [1.82, 2.24) is 15.1 Å². The van der Waals surface area contributed by atoms with Gasteiger partial charge in [-0.25, -0.2) is 4.39 Å². The Hall–Kier alpha value is -3.79. The van der Waals surface area contributed by atoms with Crippen molar-refractivity contribution in [2.24, 2.45) is 0 Å². The smallest absolute Gasteiger partial charge is 0.346 e. The van der Waals surface area contributed by atoms with Crippen LogP contribution in [0.2, 0.25) is 0 Å². The number of benzene rings is 2. The minimum Gasteiger partial charge on any atom is -0.346 e. The lowest BCUT2D eigenvalue weighted by Crippen LogP contribution is -2.31. The SMILES string of the molecule is C[SH](=O)(S)Nc1cc(=O)n(-c2ccccc2F)nc1C(=O)NCc1cc([N+](=O)[O-])cc(C(F)(F)F)c1. The summed E-state index contributed by atoms with van der Waals surface area (Å²) in [6.07, 6.45) is -3.71. The third kappa shape index (κ3) is 6.45. The number of alkyl halides is 3. The molecular weight excluding hydrogens is 530 g/mol. The maximum Gasteiger partial charge on any atom is 0.416 e. The Morgan fingerprint density at radius 1 is 1.22 bits per heavy atom. The van der Waals surface area contributed by atoms with E-state index in [1.807, 2.05) is 0 Å². The van der Waals surface area contributed by atoms with Gasteiger partial charge < -0.3 is 10.0 Å². The average Bonchev–Trinajstić information content (AvgIpc) is 2.76. The molecule has 1 aromatic heterocycles. The van der Waals surface area contributed by atoms with E-state index in [2.05, 4.69) is 26.8 Å². The second kappa shape index (κ2) is 10.1. The van der Waals surface area contributed by atoms with Gasteiger partial charge >= 0.3 is 6.18 Å². The molecule has 10 nitrogen and oxygen atoms in total. The van der Waals surface area contributed by atoms with E-state index >= 15 is 0 Å². The van der Waals surface area contributed by atoms with E-state index in [1.165, 1.54) is 24.5 Å². The lowest BCUT2D eigenvalue weighted by molar-refractivity contribution is -0.385. The van der Waals surface area contributed by atoms with Gasteiger partial charge in [0.25, 0.3) is 17.2 Å². The van der Waals surface area contributed by atoms with Crippen LogP contribution in [0.4, 0.5) is 28.9 Å². The number of para-hydroxylation sites is 1. The van der Waals surface area contributed by atoms with Crippen LogP contribution in [0.5, 0.6) is 0 Å². The molecular formula is C20H17F4N5O5S2. The number of amides is 1. The summed E-state index contributed by atoms with van der Waals surface area (Å²) >= 11 is 3.85. The van der Waals surface area contributed by atoms with Gasteiger partial charge in [0.05, 0.1) is 16.2 Å². The molecule has 1 heterocycles. The number of rotatable bonds is 7. The van der Waals surface area contributed by atoms with Gasteiger partial charge in [-0.1, -0.05) is 23.8 Å². The molecule has 0 fully saturated rings. The Kier molecular flexibility index (Phi) is 7.49. The lowest BCUT2D eigenvalue weighted by Gasteiger charge is -2.18. The molecule has 0 atom stereocenters. The van der Waals surface area contributed by atoms with Gasteiger partial charge in [0.1, 0.15) is 11.5 Å². The van der Waals surface area contributed by atoms with E-state index in [9.17, 15) is 41.5 Å². The van der Waals surface area contributed by atoms with Crippen molar-refractivity contribution in [3.05, 3.63) is 91.6 Å². The molecule has 3 aromatic rings. The first-order valence-corrected chi connectivity index (χ1v) is 13.1. The van der Waals surface area contributed by atoms with Gasteiger partial charge in [0.15, 0.2) is 5.69 Å². The number of aromatic nitrogens is 2. The molecule has 0 aliphatic carbocycles. The predicted molar refractivity (Wildman–Crippen MR) is 127 cm³/mol. The zero-order chi connectivity index (χ0) is 26.8. The number of nitro benzene ring substituents is 1. The third-order valence-electron chi connectivity index (χ3n) is 4.52. The van der Waals surface area contributed by atoms with Crippen molar-refractivity contribution in [1.29, 1.82) is 0 Å².